The van der Waals surface area contributed by atoms with E-state index >= 15 is 4.39 Å². The van der Waals surface area contributed by atoms with Crippen LogP contribution in [-0.2, 0) is 0 Å². The van der Waals surface area contributed by atoms with Crippen molar-refractivity contribution in [3.8, 4) is 5.75 Å². The Morgan fingerprint density at radius 1 is 1.17 bits per heavy atom. The Hall–Kier alpha value is -3.69. The summed E-state index contributed by atoms with van der Waals surface area (Å²) in [5.41, 5.74) is 1.54. The molecule has 1 fully saturated rings. The summed E-state index contributed by atoms with van der Waals surface area (Å²) in [6.07, 6.45) is 1.34. The molecule has 1 saturated heterocycles. The predicted octanol–water partition coefficient (Wildman–Crippen LogP) is 3.34. The van der Waals surface area contributed by atoms with Crippen molar-refractivity contribution in [2.75, 3.05) is 42.6 Å². The Morgan fingerprint density at radius 2 is 1.86 bits per heavy atom. The van der Waals surface area contributed by atoms with Gasteiger partial charge in [0.05, 0.1) is 16.9 Å². The predicted molar refractivity (Wildman–Crippen MR) is 131 cm³/mol. The quantitative estimate of drug-likeness (QED) is 0.606. The summed E-state index contributed by atoms with van der Waals surface area (Å²) in [4.78, 5) is 37.8. The van der Waals surface area contributed by atoms with E-state index in [1.54, 1.807) is 4.57 Å². The van der Waals surface area contributed by atoms with Crippen LogP contribution in [0.3, 0.4) is 0 Å². The lowest BCUT2D eigenvalue weighted by molar-refractivity contribution is 0.0694. The van der Waals surface area contributed by atoms with Gasteiger partial charge in [0.2, 0.25) is 11.4 Å². The second-order valence-electron chi connectivity index (χ2n) is 9.54. The molecule has 0 amide bonds. The molecular weight excluding hydrogens is 453 g/mol. The highest BCUT2D eigenvalue weighted by Gasteiger charge is 2.31. The zero-order chi connectivity index (χ0) is 25.0. The van der Waals surface area contributed by atoms with Gasteiger partial charge in [-0.3, -0.25) is 4.79 Å². The minimum absolute atomic E-state index is 0.0145. The molecule has 3 aromatic rings. The lowest BCUT2D eigenvalue weighted by Gasteiger charge is -2.38. The molecule has 1 aromatic carbocycles. The van der Waals surface area contributed by atoms with Gasteiger partial charge in [-0.2, -0.15) is 0 Å². The van der Waals surface area contributed by atoms with Gasteiger partial charge in [-0.05, 0) is 31.9 Å². The highest BCUT2D eigenvalue weighted by molar-refractivity contribution is 5.97. The number of nitrogens with zero attached hydrogens (tertiary/aromatic N) is 5. The first-order valence-electron chi connectivity index (χ1n) is 11.8. The van der Waals surface area contributed by atoms with Gasteiger partial charge in [0.25, 0.3) is 0 Å². The van der Waals surface area contributed by atoms with Gasteiger partial charge >= 0.3 is 5.97 Å². The number of benzene rings is 1. The summed E-state index contributed by atoms with van der Waals surface area (Å²) < 4.78 is 23.2. The van der Waals surface area contributed by atoms with Crippen LogP contribution >= 0.6 is 0 Å². The minimum atomic E-state index is -1.33. The van der Waals surface area contributed by atoms with E-state index in [0.717, 1.165) is 17.5 Å². The molecule has 2 aliphatic heterocycles. The number of aromatic nitrogens is 3. The number of aryl methyl sites for hydroxylation is 1. The maximum absolute atomic E-state index is 15.5. The van der Waals surface area contributed by atoms with Crippen LogP contribution in [0.4, 0.5) is 16.0 Å². The lowest BCUT2D eigenvalue weighted by Crippen LogP contribution is -2.47. The van der Waals surface area contributed by atoms with Crippen molar-refractivity contribution in [1.82, 2.24) is 14.5 Å². The molecule has 0 radical (unpaired) electrons. The molecule has 0 saturated carbocycles. The molecule has 35 heavy (non-hydrogen) atoms. The number of piperazine rings is 1. The molecule has 5 rings (SSSR count). The van der Waals surface area contributed by atoms with Crippen LogP contribution in [0.15, 0.2) is 23.1 Å². The molecule has 2 aliphatic rings. The smallest absolute Gasteiger partial charge is 0.341 e. The number of hydrogen-bond acceptors (Lipinski definition) is 7. The maximum atomic E-state index is 15.5. The first kappa shape index (κ1) is 23.1. The summed E-state index contributed by atoms with van der Waals surface area (Å²) in [7, 11) is 0. The number of pyridine rings is 1. The molecule has 1 atom stereocenters. The Bertz CT molecular complexity index is 1400. The third kappa shape index (κ3) is 3.86. The van der Waals surface area contributed by atoms with Crippen molar-refractivity contribution in [1.29, 1.82) is 0 Å². The van der Waals surface area contributed by atoms with Crippen LogP contribution in [-0.4, -0.2) is 58.4 Å². The number of aromatic carboxylic acids is 1. The first-order valence-corrected chi connectivity index (χ1v) is 11.8. The van der Waals surface area contributed by atoms with Gasteiger partial charge in [0.15, 0.2) is 11.6 Å². The van der Waals surface area contributed by atoms with Gasteiger partial charge < -0.3 is 24.2 Å². The minimum Gasteiger partial charge on any atom is -0.487 e. The van der Waals surface area contributed by atoms with E-state index in [1.165, 1.54) is 6.20 Å². The number of ether oxygens (including phenoxy) is 1. The van der Waals surface area contributed by atoms with E-state index in [9.17, 15) is 14.7 Å². The summed E-state index contributed by atoms with van der Waals surface area (Å²) in [6, 6.07) is 2.94. The van der Waals surface area contributed by atoms with Crippen molar-refractivity contribution < 1.29 is 19.0 Å². The second-order valence-corrected chi connectivity index (χ2v) is 9.54. The zero-order valence-corrected chi connectivity index (χ0v) is 20.2. The summed E-state index contributed by atoms with van der Waals surface area (Å²) in [6.45, 7) is 10.5. The van der Waals surface area contributed by atoms with Crippen molar-refractivity contribution in [2.24, 2.45) is 0 Å². The van der Waals surface area contributed by atoms with Crippen LogP contribution < -0.4 is 20.0 Å². The van der Waals surface area contributed by atoms with Crippen LogP contribution in [0.1, 0.15) is 54.5 Å². The SMILES string of the molecule is Cc1cc(C(C)C)nc(N2CCN(c3c(F)cc4c(=O)c(C(=O)O)cn5c4c3OC[C@@H]5C)CC2)n1. The highest BCUT2D eigenvalue weighted by Crippen LogP contribution is 2.42. The lowest BCUT2D eigenvalue weighted by atomic mass is 10.1. The monoisotopic (exact) mass is 481 g/mol. The Labute approximate surface area is 201 Å². The standard InChI is InChI=1S/C25H28FN5O4/c1-13(2)19-9-14(3)27-25(28-19)30-7-5-29(6-8-30)21-18(26)10-16-20-23(21)35-12-15(4)31(20)11-17(22(16)32)24(33)34/h9-11,13,15H,5-8,12H2,1-4H3,(H,33,34)/t15-/m0/s1. The normalized spacial score (nSPS) is 17.7. The average molecular weight is 482 g/mol. The number of carbonyl (C=O) groups is 1. The molecular formula is C25H28FN5O4. The molecule has 0 unspecified atom stereocenters. The highest BCUT2D eigenvalue weighted by atomic mass is 19.1. The Balaban J connectivity index is 1.52. The molecule has 0 bridgehead atoms. The second kappa shape index (κ2) is 8.51. The van der Waals surface area contributed by atoms with Gasteiger partial charge in [-0.25, -0.2) is 19.2 Å². The van der Waals surface area contributed by atoms with Gasteiger partial charge in [-0.1, -0.05) is 13.8 Å². The fraction of sp³-hybridized carbons (Fsp3) is 0.440. The number of anilines is 2. The van der Waals surface area contributed by atoms with E-state index in [1.807, 2.05) is 24.8 Å². The van der Waals surface area contributed by atoms with E-state index in [2.05, 4.69) is 23.7 Å². The molecule has 10 heteroatoms. The summed E-state index contributed by atoms with van der Waals surface area (Å²) >= 11 is 0. The number of rotatable bonds is 4. The molecule has 2 aromatic heterocycles. The average Bonchev–Trinajstić information content (AvgIpc) is 2.82. The Morgan fingerprint density at radius 3 is 2.51 bits per heavy atom. The topological polar surface area (TPSA) is 101 Å². The molecule has 9 nitrogen and oxygen atoms in total. The molecule has 0 spiro atoms. The van der Waals surface area contributed by atoms with E-state index < -0.39 is 17.2 Å². The van der Waals surface area contributed by atoms with Gasteiger partial charge in [0, 0.05) is 43.8 Å². The van der Waals surface area contributed by atoms with Gasteiger partial charge in [0.1, 0.15) is 17.9 Å². The molecule has 184 valence electrons. The van der Waals surface area contributed by atoms with Crippen molar-refractivity contribution >= 4 is 28.5 Å². The largest absolute Gasteiger partial charge is 0.487 e. The molecule has 1 N–H and O–H groups in total. The number of carboxylic acid groups (broad SMARTS) is 1. The van der Waals surface area contributed by atoms with Crippen molar-refractivity contribution in [3.05, 3.63) is 51.3 Å². The van der Waals surface area contributed by atoms with Crippen LogP contribution in [0.25, 0.3) is 10.9 Å². The fourth-order valence-electron chi connectivity index (χ4n) is 4.80. The van der Waals surface area contributed by atoms with Crippen LogP contribution in [0.5, 0.6) is 5.75 Å². The van der Waals surface area contributed by atoms with Gasteiger partial charge in [-0.15, -0.1) is 0 Å². The van der Waals surface area contributed by atoms with E-state index in [4.69, 9.17) is 9.72 Å². The summed E-state index contributed by atoms with van der Waals surface area (Å²) in [5, 5.41) is 9.48. The van der Waals surface area contributed by atoms with Crippen molar-refractivity contribution in [3.63, 3.8) is 0 Å². The van der Waals surface area contributed by atoms with Crippen molar-refractivity contribution in [2.45, 2.75) is 39.7 Å². The van der Waals surface area contributed by atoms with Crippen LogP contribution in [0, 0.1) is 12.7 Å². The number of halogens is 1. The summed E-state index contributed by atoms with van der Waals surface area (Å²) in [5.74, 6) is -0.685. The number of hydrogen-bond donors (Lipinski definition) is 1. The van der Waals surface area contributed by atoms with E-state index in [-0.39, 0.29) is 35.3 Å². The Kier molecular flexibility index (Phi) is 5.61. The third-order valence-corrected chi connectivity index (χ3v) is 6.70. The van der Waals surface area contributed by atoms with Crippen LogP contribution in [0.2, 0.25) is 0 Å². The first-order chi connectivity index (χ1) is 16.7. The molecule has 4 heterocycles. The zero-order valence-electron chi connectivity index (χ0n) is 20.2. The number of carboxylic acids is 1. The molecule has 0 aliphatic carbocycles. The van der Waals surface area contributed by atoms with E-state index in [0.29, 0.717) is 43.3 Å². The fourth-order valence-corrected chi connectivity index (χ4v) is 4.80. The maximum Gasteiger partial charge on any atom is 0.341 e. The third-order valence-electron chi connectivity index (χ3n) is 6.70.